The Morgan fingerprint density at radius 3 is 2.79 bits per heavy atom. The largest absolute Gasteiger partial charge is 0.444 e. The van der Waals surface area contributed by atoms with E-state index >= 15 is 0 Å². The van der Waals surface area contributed by atoms with E-state index in [1.807, 2.05) is 0 Å². The minimum atomic E-state index is -2.98. The zero-order valence-electron chi connectivity index (χ0n) is 10.8. The minimum absolute atomic E-state index is 0.0277. The third-order valence-corrected chi connectivity index (χ3v) is 5.12. The number of carbonyl (C=O) groups excluding carboxylic acids is 2. The van der Waals surface area contributed by atoms with E-state index in [1.165, 1.54) is 4.90 Å². The highest BCUT2D eigenvalue weighted by Gasteiger charge is 2.30. The van der Waals surface area contributed by atoms with Gasteiger partial charge in [-0.15, -0.1) is 0 Å². The van der Waals surface area contributed by atoms with E-state index < -0.39 is 9.84 Å². The Morgan fingerprint density at radius 2 is 2.26 bits per heavy atom. The van der Waals surface area contributed by atoms with E-state index in [9.17, 15) is 18.0 Å². The highest BCUT2D eigenvalue weighted by Crippen LogP contribution is 2.15. The topological polar surface area (TPSA) is 92.8 Å². The van der Waals surface area contributed by atoms with E-state index in [2.05, 4.69) is 5.32 Å². The summed E-state index contributed by atoms with van der Waals surface area (Å²) in [7, 11) is -1.33. The summed E-state index contributed by atoms with van der Waals surface area (Å²) in [4.78, 5) is 24.3. The van der Waals surface area contributed by atoms with Crippen LogP contribution in [0.15, 0.2) is 0 Å². The summed E-state index contributed by atoms with van der Waals surface area (Å²) < 4.78 is 27.5. The molecule has 108 valence electrons. The predicted molar refractivity (Wildman–Crippen MR) is 67.3 cm³/mol. The number of hydrogen-bond donors (Lipinski definition) is 1. The van der Waals surface area contributed by atoms with Gasteiger partial charge < -0.3 is 15.0 Å². The van der Waals surface area contributed by atoms with Gasteiger partial charge in [0.05, 0.1) is 18.1 Å². The molecule has 2 heterocycles. The molecule has 0 aliphatic carbocycles. The van der Waals surface area contributed by atoms with Crippen LogP contribution < -0.4 is 5.32 Å². The molecule has 2 aliphatic heterocycles. The molecule has 2 fully saturated rings. The van der Waals surface area contributed by atoms with Gasteiger partial charge in [-0.2, -0.15) is 0 Å². The molecular weight excluding hydrogens is 272 g/mol. The van der Waals surface area contributed by atoms with Crippen LogP contribution in [-0.4, -0.2) is 62.6 Å². The molecule has 0 aromatic rings. The average molecular weight is 290 g/mol. The van der Waals surface area contributed by atoms with Crippen LogP contribution >= 0.6 is 0 Å². The van der Waals surface area contributed by atoms with Crippen molar-refractivity contribution in [2.45, 2.75) is 31.4 Å². The molecule has 0 radical (unpaired) electrons. The number of nitrogens with zero attached hydrogens (tertiary/aromatic N) is 1. The van der Waals surface area contributed by atoms with Crippen LogP contribution in [0.5, 0.6) is 0 Å². The van der Waals surface area contributed by atoms with E-state index in [4.69, 9.17) is 4.74 Å². The number of likely N-dealkylation sites (N-methyl/N-ethyl adjacent to an activating group) is 1. The molecule has 7 nitrogen and oxygen atoms in total. The van der Waals surface area contributed by atoms with Crippen LogP contribution in [0.2, 0.25) is 0 Å². The first-order valence-electron chi connectivity index (χ1n) is 6.27. The molecule has 2 rings (SSSR count). The Morgan fingerprint density at radius 1 is 1.53 bits per heavy atom. The number of amides is 2. The highest BCUT2D eigenvalue weighted by molar-refractivity contribution is 7.91. The van der Waals surface area contributed by atoms with Gasteiger partial charge in [-0.05, 0) is 12.8 Å². The van der Waals surface area contributed by atoms with Crippen molar-refractivity contribution in [1.82, 2.24) is 10.2 Å². The molecular formula is C11H18N2O5S. The molecule has 2 aliphatic rings. The lowest BCUT2D eigenvalue weighted by Gasteiger charge is -2.12. The number of ether oxygens (including phenoxy) is 1. The first-order chi connectivity index (χ1) is 8.85. The van der Waals surface area contributed by atoms with Gasteiger partial charge in [0, 0.05) is 19.5 Å². The standard InChI is InChI=1S/C11H18N2O5S/c1-13-6-9(18-11(13)15)2-3-10(14)12-8-4-5-19(16,17)7-8/h8-9H,2-7H2,1H3,(H,12,14). The number of sulfone groups is 1. The molecule has 1 N–H and O–H groups in total. The van der Waals surface area contributed by atoms with Gasteiger partial charge in [-0.25, -0.2) is 13.2 Å². The van der Waals surface area contributed by atoms with E-state index in [1.54, 1.807) is 7.05 Å². The molecule has 2 amide bonds. The Bertz CT molecular complexity index is 475. The van der Waals surface area contributed by atoms with Crippen LogP contribution in [0.3, 0.4) is 0 Å². The molecule has 8 heteroatoms. The molecule has 2 saturated heterocycles. The fourth-order valence-corrected chi connectivity index (χ4v) is 3.97. The Balaban J connectivity index is 1.70. The first kappa shape index (κ1) is 14.1. The molecule has 0 bridgehead atoms. The monoisotopic (exact) mass is 290 g/mol. The number of hydrogen-bond acceptors (Lipinski definition) is 5. The zero-order valence-corrected chi connectivity index (χ0v) is 11.6. The normalized spacial score (nSPS) is 29.3. The van der Waals surface area contributed by atoms with E-state index in [0.717, 1.165) is 0 Å². The number of nitrogens with one attached hydrogen (secondary N) is 1. The molecule has 0 aromatic heterocycles. The predicted octanol–water partition coefficient (Wildman–Crippen LogP) is -0.479. The summed E-state index contributed by atoms with van der Waals surface area (Å²) in [6.07, 6.45) is 0.557. The lowest BCUT2D eigenvalue weighted by atomic mass is 10.1. The maximum Gasteiger partial charge on any atom is 0.409 e. The van der Waals surface area contributed by atoms with Crippen molar-refractivity contribution in [1.29, 1.82) is 0 Å². The first-order valence-corrected chi connectivity index (χ1v) is 8.09. The van der Waals surface area contributed by atoms with E-state index in [0.29, 0.717) is 19.4 Å². The van der Waals surface area contributed by atoms with Crippen molar-refractivity contribution in [3.63, 3.8) is 0 Å². The van der Waals surface area contributed by atoms with E-state index in [-0.39, 0.29) is 42.1 Å². The summed E-state index contributed by atoms with van der Waals surface area (Å²) in [6, 6.07) is -0.272. The number of cyclic esters (lactones) is 1. The van der Waals surface area contributed by atoms with Gasteiger partial charge in [0.1, 0.15) is 6.10 Å². The summed E-state index contributed by atoms with van der Waals surface area (Å²) in [6.45, 7) is 0.490. The van der Waals surface area contributed by atoms with Gasteiger partial charge in [-0.1, -0.05) is 0 Å². The second kappa shape index (κ2) is 5.36. The second-order valence-electron chi connectivity index (χ2n) is 5.09. The maximum absolute atomic E-state index is 11.7. The SMILES string of the molecule is CN1CC(CCC(=O)NC2CCS(=O)(=O)C2)OC1=O. The second-order valence-corrected chi connectivity index (χ2v) is 7.32. The van der Waals surface area contributed by atoms with Gasteiger partial charge >= 0.3 is 6.09 Å². The lowest BCUT2D eigenvalue weighted by molar-refractivity contribution is -0.122. The fraction of sp³-hybridized carbons (Fsp3) is 0.818. The average Bonchev–Trinajstić information content (AvgIpc) is 2.80. The van der Waals surface area contributed by atoms with Gasteiger partial charge in [0.2, 0.25) is 5.91 Å². The van der Waals surface area contributed by atoms with Crippen molar-refractivity contribution in [2.75, 3.05) is 25.1 Å². The zero-order chi connectivity index (χ0) is 14.0. The molecule has 2 atom stereocenters. The van der Waals surface area contributed by atoms with Gasteiger partial charge in [-0.3, -0.25) is 4.79 Å². The van der Waals surface area contributed by atoms with Crippen LogP contribution in [0.1, 0.15) is 19.3 Å². The Kier molecular flexibility index (Phi) is 3.98. The van der Waals surface area contributed by atoms with Crippen molar-refractivity contribution >= 4 is 21.8 Å². The molecule has 0 aromatic carbocycles. The summed E-state index contributed by atoms with van der Waals surface area (Å²) in [5.74, 6) is -0.0178. The van der Waals surface area contributed by atoms with Crippen LogP contribution in [-0.2, 0) is 19.4 Å². The van der Waals surface area contributed by atoms with Crippen molar-refractivity contribution in [3.8, 4) is 0 Å². The summed E-state index contributed by atoms with van der Waals surface area (Å²) >= 11 is 0. The smallest absolute Gasteiger partial charge is 0.409 e. The lowest BCUT2D eigenvalue weighted by Crippen LogP contribution is -2.36. The number of carbonyl (C=O) groups is 2. The van der Waals surface area contributed by atoms with Crippen LogP contribution in [0, 0.1) is 0 Å². The third kappa shape index (κ3) is 3.82. The van der Waals surface area contributed by atoms with Gasteiger partial charge in [0.15, 0.2) is 9.84 Å². The molecule has 0 saturated carbocycles. The van der Waals surface area contributed by atoms with Crippen molar-refractivity contribution in [2.24, 2.45) is 0 Å². The van der Waals surface area contributed by atoms with Crippen molar-refractivity contribution in [3.05, 3.63) is 0 Å². The fourth-order valence-electron chi connectivity index (χ4n) is 2.30. The van der Waals surface area contributed by atoms with Crippen LogP contribution in [0.25, 0.3) is 0 Å². The minimum Gasteiger partial charge on any atom is -0.444 e. The number of rotatable bonds is 4. The summed E-state index contributed by atoms with van der Waals surface area (Å²) in [5, 5.41) is 2.71. The quantitative estimate of drug-likeness (QED) is 0.755. The van der Waals surface area contributed by atoms with Crippen molar-refractivity contribution < 1.29 is 22.7 Å². The molecule has 0 spiro atoms. The maximum atomic E-state index is 11.7. The van der Waals surface area contributed by atoms with Gasteiger partial charge in [0.25, 0.3) is 0 Å². The molecule has 2 unspecified atom stereocenters. The Labute approximate surface area is 112 Å². The molecule has 19 heavy (non-hydrogen) atoms. The Hall–Kier alpha value is -1.31. The summed E-state index contributed by atoms with van der Waals surface area (Å²) in [5.41, 5.74) is 0. The highest BCUT2D eigenvalue weighted by atomic mass is 32.2. The van der Waals surface area contributed by atoms with Crippen LogP contribution in [0.4, 0.5) is 4.79 Å². The third-order valence-electron chi connectivity index (χ3n) is 3.35.